The Labute approximate surface area is 209 Å². The second kappa shape index (κ2) is 8.64. The van der Waals surface area contributed by atoms with Gasteiger partial charge in [-0.1, -0.05) is 0 Å². The maximum absolute atomic E-state index is 14.5. The van der Waals surface area contributed by atoms with Gasteiger partial charge in [-0.3, -0.25) is 14.7 Å². The number of amides is 2. The lowest BCUT2D eigenvalue weighted by molar-refractivity contribution is -0.122. The molecule has 1 spiro atoms. The zero-order chi connectivity index (χ0) is 25.7. The number of piperidine rings is 1. The van der Waals surface area contributed by atoms with Crippen molar-refractivity contribution in [3.63, 3.8) is 0 Å². The van der Waals surface area contributed by atoms with Gasteiger partial charge in [-0.25, -0.2) is 18.3 Å². The van der Waals surface area contributed by atoms with Gasteiger partial charge >= 0.3 is 0 Å². The summed E-state index contributed by atoms with van der Waals surface area (Å²) in [7, 11) is 1.43. The van der Waals surface area contributed by atoms with E-state index in [9.17, 15) is 18.4 Å². The van der Waals surface area contributed by atoms with Crippen molar-refractivity contribution in [2.45, 2.75) is 31.2 Å². The summed E-state index contributed by atoms with van der Waals surface area (Å²) in [5, 5.41) is 13.6. The summed E-state index contributed by atoms with van der Waals surface area (Å²) in [5.74, 6) is -1.88. The van der Waals surface area contributed by atoms with Crippen molar-refractivity contribution >= 4 is 23.1 Å². The molecule has 37 heavy (non-hydrogen) atoms. The average Bonchev–Trinajstić information content (AvgIpc) is 3.29. The molecule has 2 N–H and O–H groups in total. The van der Waals surface area contributed by atoms with Crippen LogP contribution in [0.4, 0.5) is 14.6 Å². The fourth-order valence-corrected chi connectivity index (χ4v) is 5.09. The first kappa shape index (κ1) is 23.1. The van der Waals surface area contributed by atoms with Gasteiger partial charge in [0.2, 0.25) is 11.8 Å². The number of aromatic amines is 1. The third-order valence-corrected chi connectivity index (χ3v) is 7.22. The van der Waals surface area contributed by atoms with E-state index in [-0.39, 0.29) is 40.7 Å². The fourth-order valence-electron chi connectivity index (χ4n) is 5.09. The molecule has 0 aromatic carbocycles. The van der Waals surface area contributed by atoms with Crippen LogP contribution in [0.5, 0.6) is 5.88 Å². The van der Waals surface area contributed by atoms with Crippen molar-refractivity contribution in [3.05, 3.63) is 60.1 Å². The van der Waals surface area contributed by atoms with Gasteiger partial charge < -0.3 is 15.0 Å². The zero-order valence-corrected chi connectivity index (χ0v) is 19.9. The summed E-state index contributed by atoms with van der Waals surface area (Å²) in [6.45, 7) is 0.352. The van der Waals surface area contributed by atoms with Crippen LogP contribution in [0.2, 0.25) is 0 Å². The predicted octanol–water partition coefficient (Wildman–Crippen LogP) is 3.43. The van der Waals surface area contributed by atoms with Crippen LogP contribution in [0.15, 0.2) is 42.7 Å². The van der Waals surface area contributed by atoms with E-state index in [1.54, 1.807) is 17.0 Å². The van der Waals surface area contributed by atoms with Crippen LogP contribution in [0.3, 0.4) is 0 Å². The van der Waals surface area contributed by atoms with Gasteiger partial charge in [0.15, 0.2) is 23.1 Å². The number of anilines is 1. The molecule has 1 saturated carbocycles. The summed E-state index contributed by atoms with van der Waals surface area (Å²) in [6.07, 6.45) is 4.99. The number of likely N-dealkylation sites (tertiary alicyclic amines) is 1. The topological polar surface area (TPSA) is 118 Å². The number of fused-ring (bicyclic) bond motifs is 1. The Morgan fingerprint density at radius 2 is 2.03 bits per heavy atom. The van der Waals surface area contributed by atoms with Crippen LogP contribution in [0.1, 0.15) is 36.2 Å². The molecule has 6 rings (SSSR count). The fraction of sp³-hybridized carbons (Fsp3) is 0.320. The minimum absolute atomic E-state index is 0.000111. The van der Waals surface area contributed by atoms with Crippen LogP contribution in [0, 0.1) is 17.6 Å². The maximum Gasteiger partial charge on any atom is 0.274 e. The smallest absolute Gasteiger partial charge is 0.274 e. The number of nitrogens with zero attached hydrogens (tertiary/aromatic N) is 5. The van der Waals surface area contributed by atoms with Crippen molar-refractivity contribution in [2.24, 2.45) is 5.92 Å². The molecule has 1 aliphatic carbocycles. The maximum atomic E-state index is 14.5. The molecule has 1 unspecified atom stereocenters. The number of methoxy groups -OCH3 is 1. The number of H-pyrrole nitrogens is 1. The summed E-state index contributed by atoms with van der Waals surface area (Å²) in [5.41, 5.74) is 0.897. The third kappa shape index (κ3) is 3.98. The quantitative estimate of drug-likeness (QED) is 0.428. The minimum Gasteiger partial charge on any atom is -0.481 e. The number of aromatic nitrogens is 5. The largest absolute Gasteiger partial charge is 0.481 e. The molecule has 2 aliphatic rings. The molecule has 0 bridgehead atoms. The average molecular weight is 508 g/mol. The molecule has 5 heterocycles. The van der Waals surface area contributed by atoms with Gasteiger partial charge in [-0.05, 0) is 49.9 Å². The van der Waals surface area contributed by atoms with E-state index in [0.717, 1.165) is 19.0 Å². The van der Waals surface area contributed by atoms with Crippen molar-refractivity contribution in [1.29, 1.82) is 0 Å². The molecule has 10 nitrogen and oxygen atoms in total. The molecule has 2 amide bonds. The van der Waals surface area contributed by atoms with Gasteiger partial charge in [0.05, 0.1) is 30.7 Å². The molecule has 4 aromatic heterocycles. The number of pyridine rings is 2. The van der Waals surface area contributed by atoms with E-state index >= 15 is 0 Å². The van der Waals surface area contributed by atoms with Crippen molar-refractivity contribution < 1.29 is 23.1 Å². The van der Waals surface area contributed by atoms with E-state index < -0.39 is 17.2 Å². The number of carbonyl (C=O) groups is 2. The highest BCUT2D eigenvalue weighted by atomic mass is 19.1. The second-order valence-corrected chi connectivity index (χ2v) is 9.43. The first-order valence-corrected chi connectivity index (χ1v) is 11.9. The number of hydrogen-bond acceptors (Lipinski definition) is 6. The first-order chi connectivity index (χ1) is 17.9. The van der Waals surface area contributed by atoms with Crippen molar-refractivity contribution in [1.82, 2.24) is 29.7 Å². The van der Waals surface area contributed by atoms with E-state index in [2.05, 4.69) is 25.6 Å². The Balaban J connectivity index is 1.18. The molecular formula is C25H23F2N7O3. The summed E-state index contributed by atoms with van der Waals surface area (Å²) < 4.78 is 35.2. The van der Waals surface area contributed by atoms with Crippen LogP contribution in [0.25, 0.3) is 16.8 Å². The number of nitrogens with one attached hydrogen (secondary N) is 2. The highest BCUT2D eigenvalue weighted by Gasteiger charge is 2.54. The molecule has 1 aliphatic heterocycles. The number of carbonyl (C=O) groups excluding carboxylic acids is 2. The van der Waals surface area contributed by atoms with Gasteiger partial charge in [-0.2, -0.15) is 10.2 Å². The molecular weight excluding hydrogens is 484 g/mol. The zero-order valence-electron chi connectivity index (χ0n) is 19.9. The van der Waals surface area contributed by atoms with Crippen molar-refractivity contribution in [3.8, 4) is 17.1 Å². The number of rotatable bonds is 5. The second-order valence-electron chi connectivity index (χ2n) is 9.43. The van der Waals surface area contributed by atoms with Gasteiger partial charge in [0.25, 0.3) is 5.91 Å². The standard InChI is InChI=1S/C25H23F2N7O3/c1-37-21-10-16(18(27)13-28-21)19-11-20(32-31-19)24(36)33-9-5-14(12-25(33)6-7-25)23(35)30-22-17(26)3-2-15-4-8-29-34(15)22/h2-4,8,10-11,13-14H,5-7,9,12H2,1H3,(H,30,35)(H,31,32). The highest BCUT2D eigenvalue weighted by Crippen LogP contribution is 2.50. The summed E-state index contributed by atoms with van der Waals surface area (Å²) >= 11 is 0. The summed E-state index contributed by atoms with van der Waals surface area (Å²) in [6, 6.07) is 7.53. The van der Waals surface area contributed by atoms with Crippen LogP contribution in [-0.4, -0.2) is 60.7 Å². The Hall–Kier alpha value is -4.35. The normalized spacial score (nSPS) is 18.2. The Morgan fingerprint density at radius 1 is 1.19 bits per heavy atom. The Morgan fingerprint density at radius 3 is 2.81 bits per heavy atom. The lowest BCUT2D eigenvalue weighted by atomic mass is 9.88. The predicted molar refractivity (Wildman–Crippen MR) is 128 cm³/mol. The lowest BCUT2D eigenvalue weighted by Crippen LogP contribution is -2.50. The Kier molecular flexibility index (Phi) is 5.39. The lowest BCUT2D eigenvalue weighted by Gasteiger charge is -2.39. The number of ether oxygens (including phenoxy) is 1. The molecule has 2 fully saturated rings. The number of hydrogen-bond donors (Lipinski definition) is 2. The van der Waals surface area contributed by atoms with Crippen LogP contribution < -0.4 is 10.1 Å². The van der Waals surface area contributed by atoms with E-state index in [4.69, 9.17) is 4.74 Å². The SMILES string of the molecule is COc1cc(-c2cc(C(=O)N3CCC(C(=O)Nc4c(F)ccc5ccnn45)CC34CC4)n[nH]2)c(F)cn1. The van der Waals surface area contributed by atoms with Gasteiger partial charge in [-0.15, -0.1) is 0 Å². The third-order valence-electron chi connectivity index (χ3n) is 7.22. The van der Waals surface area contributed by atoms with E-state index in [0.29, 0.717) is 30.6 Å². The van der Waals surface area contributed by atoms with E-state index in [1.807, 2.05) is 0 Å². The van der Waals surface area contributed by atoms with Crippen LogP contribution in [-0.2, 0) is 4.79 Å². The highest BCUT2D eigenvalue weighted by molar-refractivity contribution is 5.95. The molecule has 190 valence electrons. The van der Waals surface area contributed by atoms with Gasteiger partial charge in [0, 0.05) is 29.6 Å². The molecule has 12 heteroatoms. The van der Waals surface area contributed by atoms with Crippen LogP contribution >= 0.6 is 0 Å². The molecule has 1 saturated heterocycles. The molecule has 0 radical (unpaired) electrons. The van der Waals surface area contributed by atoms with Gasteiger partial charge in [0.1, 0.15) is 0 Å². The van der Waals surface area contributed by atoms with Crippen molar-refractivity contribution in [2.75, 3.05) is 19.0 Å². The summed E-state index contributed by atoms with van der Waals surface area (Å²) in [4.78, 5) is 32.1. The molecule has 4 aromatic rings. The minimum atomic E-state index is -0.573. The Bertz CT molecular complexity index is 1530. The first-order valence-electron chi connectivity index (χ1n) is 11.9. The molecule has 1 atom stereocenters. The van der Waals surface area contributed by atoms with E-state index in [1.165, 1.54) is 36.0 Å². The monoisotopic (exact) mass is 507 g/mol. The number of halogens is 2.